The molecule has 0 aromatic carbocycles. The summed E-state index contributed by atoms with van der Waals surface area (Å²) in [6.45, 7) is 5.09. The number of hydrogen-bond donors (Lipinski definition) is 1. The van der Waals surface area contributed by atoms with E-state index in [1.54, 1.807) is 0 Å². The van der Waals surface area contributed by atoms with Crippen molar-refractivity contribution in [3.63, 3.8) is 0 Å². The Labute approximate surface area is 145 Å². The molecule has 6 heteroatoms. The average Bonchev–Trinajstić information content (AvgIpc) is 2.91. The number of rotatable bonds is 4. The molecule has 2 saturated heterocycles. The zero-order chi connectivity index (χ0) is 13.8. The van der Waals surface area contributed by atoms with Crippen molar-refractivity contribution in [1.29, 1.82) is 0 Å². The van der Waals surface area contributed by atoms with Gasteiger partial charge in [-0.1, -0.05) is 6.07 Å². The van der Waals surface area contributed by atoms with E-state index in [4.69, 9.17) is 10.5 Å². The van der Waals surface area contributed by atoms with Gasteiger partial charge in [-0.05, 0) is 49.9 Å². The van der Waals surface area contributed by atoms with Crippen molar-refractivity contribution in [1.82, 2.24) is 9.88 Å². The molecule has 2 fully saturated rings. The zero-order valence-electron chi connectivity index (χ0n) is 12.9. The number of nitrogens with two attached hydrogens (primary N) is 1. The fourth-order valence-electron chi connectivity index (χ4n) is 3.46. The molecule has 2 aliphatic heterocycles. The summed E-state index contributed by atoms with van der Waals surface area (Å²) < 4.78 is 5.81. The van der Waals surface area contributed by atoms with Crippen LogP contribution < -0.4 is 5.73 Å². The number of aromatic nitrogens is 1. The molecule has 4 nitrogen and oxygen atoms in total. The van der Waals surface area contributed by atoms with Crippen LogP contribution in [0.3, 0.4) is 0 Å². The maximum Gasteiger partial charge on any atom is 0.0703 e. The van der Waals surface area contributed by atoms with Gasteiger partial charge < -0.3 is 15.4 Å². The van der Waals surface area contributed by atoms with Crippen LogP contribution in [-0.4, -0.2) is 48.8 Å². The highest BCUT2D eigenvalue weighted by molar-refractivity contribution is 5.85. The van der Waals surface area contributed by atoms with Crippen molar-refractivity contribution in [3.05, 3.63) is 30.1 Å². The Bertz CT molecular complexity index is 425. The second-order valence-corrected chi connectivity index (χ2v) is 6.29. The van der Waals surface area contributed by atoms with E-state index in [-0.39, 0.29) is 24.8 Å². The number of nitrogens with zero attached hydrogens (tertiary/aromatic N) is 2. The van der Waals surface area contributed by atoms with Gasteiger partial charge in [0.05, 0.1) is 12.7 Å². The molecule has 1 unspecified atom stereocenters. The van der Waals surface area contributed by atoms with Crippen LogP contribution in [0.15, 0.2) is 24.4 Å². The van der Waals surface area contributed by atoms with Crippen LogP contribution in [0.5, 0.6) is 0 Å². The van der Waals surface area contributed by atoms with E-state index in [2.05, 4.69) is 22.0 Å². The number of likely N-dealkylation sites (tertiary alicyclic amines) is 1. The second kappa shape index (κ2) is 9.04. The van der Waals surface area contributed by atoms with Gasteiger partial charge in [0.15, 0.2) is 0 Å². The summed E-state index contributed by atoms with van der Waals surface area (Å²) in [7, 11) is 0. The monoisotopic (exact) mass is 347 g/mol. The van der Waals surface area contributed by atoms with Crippen LogP contribution in [0.1, 0.15) is 25.0 Å². The summed E-state index contributed by atoms with van der Waals surface area (Å²) in [5, 5.41) is 0. The van der Waals surface area contributed by atoms with Crippen LogP contribution in [0.2, 0.25) is 0 Å². The van der Waals surface area contributed by atoms with Gasteiger partial charge in [-0.3, -0.25) is 4.98 Å². The van der Waals surface area contributed by atoms with Gasteiger partial charge in [0.2, 0.25) is 0 Å². The summed E-state index contributed by atoms with van der Waals surface area (Å²) >= 11 is 0. The molecule has 0 radical (unpaired) electrons. The van der Waals surface area contributed by atoms with Crippen LogP contribution >= 0.6 is 24.8 Å². The lowest BCUT2D eigenvalue weighted by Gasteiger charge is -2.38. The molecule has 1 atom stereocenters. The Balaban J connectivity index is 0.00000121. The second-order valence-electron chi connectivity index (χ2n) is 6.29. The molecule has 0 aliphatic carbocycles. The number of piperidine rings is 1. The third kappa shape index (κ3) is 4.80. The van der Waals surface area contributed by atoms with Gasteiger partial charge in [0.25, 0.3) is 0 Å². The van der Waals surface area contributed by atoms with Gasteiger partial charge in [-0.2, -0.15) is 0 Å². The standard InChI is InChI=1S/C16H25N3O.2ClH/c17-12-15-11-16(13-20-15)5-9-19(10-6-16)8-4-14-3-1-2-7-18-14;;/h1-3,7,15H,4-6,8-13,17H2;2*1H. The minimum Gasteiger partial charge on any atom is -0.376 e. The third-order valence-electron chi connectivity index (χ3n) is 4.88. The average molecular weight is 348 g/mol. The van der Waals surface area contributed by atoms with Gasteiger partial charge in [0, 0.05) is 31.4 Å². The topological polar surface area (TPSA) is 51.4 Å². The first-order valence-electron chi connectivity index (χ1n) is 7.74. The molecule has 1 spiro atoms. The van der Waals surface area contributed by atoms with E-state index in [0.29, 0.717) is 18.1 Å². The maximum atomic E-state index is 5.81. The predicted octanol–water partition coefficient (Wildman–Crippen LogP) is 2.30. The fourth-order valence-corrected chi connectivity index (χ4v) is 3.46. The molecule has 3 heterocycles. The Morgan fingerprint density at radius 1 is 1.27 bits per heavy atom. The highest BCUT2D eigenvalue weighted by Gasteiger charge is 2.41. The molecule has 22 heavy (non-hydrogen) atoms. The molecule has 0 bridgehead atoms. The largest absolute Gasteiger partial charge is 0.376 e. The lowest BCUT2D eigenvalue weighted by molar-refractivity contribution is 0.0673. The quantitative estimate of drug-likeness (QED) is 0.907. The molecule has 1 aromatic rings. The summed E-state index contributed by atoms with van der Waals surface area (Å²) in [5.74, 6) is 0. The molecule has 1 aromatic heterocycles. The molecular weight excluding hydrogens is 321 g/mol. The lowest BCUT2D eigenvalue weighted by atomic mass is 9.76. The van der Waals surface area contributed by atoms with Crippen LogP contribution in [0.25, 0.3) is 0 Å². The van der Waals surface area contributed by atoms with E-state index >= 15 is 0 Å². The summed E-state index contributed by atoms with van der Waals surface area (Å²) in [6.07, 6.45) is 6.91. The summed E-state index contributed by atoms with van der Waals surface area (Å²) in [6, 6.07) is 6.15. The SMILES string of the molecule is Cl.Cl.NCC1CC2(CCN(CCc3ccccn3)CC2)CO1. The van der Waals surface area contributed by atoms with Gasteiger partial charge in [-0.25, -0.2) is 0 Å². The Morgan fingerprint density at radius 2 is 2.05 bits per heavy atom. The van der Waals surface area contributed by atoms with Crippen molar-refractivity contribution < 1.29 is 4.74 Å². The number of hydrogen-bond acceptors (Lipinski definition) is 4. The van der Waals surface area contributed by atoms with E-state index in [1.807, 2.05) is 12.3 Å². The lowest BCUT2D eigenvalue weighted by Crippen LogP contribution is -2.41. The van der Waals surface area contributed by atoms with Crippen molar-refractivity contribution in [2.24, 2.45) is 11.1 Å². The van der Waals surface area contributed by atoms with Crippen LogP contribution in [0, 0.1) is 5.41 Å². The van der Waals surface area contributed by atoms with E-state index in [0.717, 1.165) is 26.0 Å². The first kappa shape index (κ1) is 19.7. The number of halogens is 2. The first-order chi connectivity index (χ1) is 9.80. The maximum absolute atomic E-state index is 5.81. The number of ether oxygens (including phenoxy) is 1. The highest BCUT2D eigenvalue weighted by Crippen LogP contribution is 2.41. The van der Waals surface area contributed by atoms with E-state index in [9.17, 15) is 0 Å². The molecule has 0 amide bonds. The molecular formula is C16H27Cl2N3O. The van der Waals surface area contributed by atoms with Gasteiger partial charge >= 0.3 is 0 Å². The van der Waals surface area contributed by atoms with Crippen LogP contribution in [-0.2, 0) is 11.2 Å². The molecule has 3 rings (SSSR count). The van der Waals surface area contributed by atoms with Gasteiger partial charge in [-0.15, -0.1) is 24.8 Å². The molecule has 126 valence electrons. The molecule has 0 saturated carbocycles. The Kier molecular flexibility index (Phi) is 8.08. The number of pyridine rings is 1. The summed E-state index contributed by atoms with van der Waals surface area (Å²) in [5.41, 5.74) is 7.34. The first-order valence-corrected chi connectivity index (χ1v) is 7.74. The predicted molar refractivity (Wildman–Crippen MR) is 94.0 cm³/mol. The summed E-state index contributed by atoms with van der Waals surface area (Å²) in [4.78, 5) is 6.96. The molecule has 2 aliphatic rings. The van der Waals surface area contributed by atoms with Crippen molar-refractivity contribution in [3.8, 4) is 0 Å². The Hall–Kier alpha value is -0.390. The zero-order valence-corrected chi connectivity index (χ0v) is 14.6. The van der Waals surface area contributed by atoms with E-state index in [1.165, 1.54) is 31.6 Å². The van der Waals surface area contributed by atoms with E-state index < -0.39 is 0 Å². The minimum atomic E-state index is 0. The van der Waals surface area contributed by atoms with Crippen molar-refractivity contribution in [2.75, 3.05) is 32.8 Å². The van der Waals surface area contributed by atoms with Crippen LogP contribution in [0.4, 0.5) is 0 Å². The highest BCUT2D eigenvalue weighted by atomic mass is 35.5. The minimum absolute atomic E-state index is 0. The van der Waals surface area contributed by atoms with Crippen molar-refractivity contribution in [2.45, 2.75) is 31.8 Å². The van der Waals surface area contributed by atoms with Gasteiger partial charge in [0.1, 0.15) is 0 Å². The third-order valence-corrected chi connectivity index (χ3v) is 4.88. The normalized spacial score (nSPS) is 23.8. The Morgan fingerprint density at radius 3 is 2.64 bits per heavy atom. The molecule has 2 N–H and O–H groups in total. The fraction of sp³-hybridized carbons (Fsp3) is 0.688. The smallest absolute Gasteiger partial charge is 0.0703 e. The van der Waals surface area contributed by atoms with Crippen molar-refractivity contribution >= 4 is 24.8 Å².